The Kier molecular flexibility index (Phi) is 6.46. The first kappa shape index (κ1) is 15.9. The van der Waals surface area contributed by atoms with Crippen LogP contribution in [0.4, 0.5) is 4.39 Å². The van der Waals surface area contributed by atoms with Gasteiger partial charge in [-0.2, -0.15) is 0 Å². The van der Waals surface area contributed by atoms with Crippen molar-refractivity contribution in [3.63, 3.8) is 0 Å². The summed E-state index contributed by atoms with van der Waals surface area (Å²) in [6, 6.07) is 5.71. The molecule has 0 spiro atoms. The number of ether oxygens (including phenoxy) is 1. The lowest BCUT2D eigenvalue weighted by Gasteiger charge is -2.31. The minimum Gasteiger partial charge on any atom is -0.381 e. The van der Waals surface area contributed by atoms with Crippen LogP contribution in [0.2, 0.25) is 0 Å². The normalized spacial score (nSPS) is 20.9. The van der Waals surface area contributed by atoms with Gasteiger partial charge in [-0.05, 0) is 71.8 Å². The summed E-state index contributed by atoms with van der Waals surface area (Å²) in [5, 5.41) is 3.63. The van der Waals surface area contributed by atoms with E-state index in [-0.39, 0.29) is 5.82 Å². The summed E-state index contributed by atoms with van der Waals surface area (Å²) in [7, 11) is 0. The van der Waals surface area contributed by atoms with E-state index in [4.69, 9.17) is 4.74 Å². The Morgan fingerprint density at radius 2 is 2.35 bits per heavy atom. The molecule has 1 aromatic carbocycles. The van der Waals surface area contributed by atoms with Crippen LogP contribution in [0.1, 0.15) is 31.7 Å². The summed E-state index contributed by atoms with van der Waals surface area (Å²) in [5.74, 6) is 0.354. The second-order valence-corrected chi connectivity index (χ2v) is 6.34. The lowest BCUT2D eigenvalue weighted by atomic mass is 9.89. The fourth-order valence-electron chi connectivity index (χ4n) is 2.74. The van der Waals surface area contributed by atoms with Gasteiger partial charge < -0.3 is 10.1 Å². The summed E-state index contributed by atoms with van der Waals surface area (Å²) in [6.45, 7) is 4.92. The van der Waals surface area contributed by atoms with Crippen LogP contribution < -0.4 is 5.32 Å². The molecule has 1 heterocycles. The fraction of sp³-hybridized carbons (Fsp3) is 0.625. The Morgan fingerprint density at radius 1 is 1.50 bits per heavy atom. The summed E-state index contributed by atoms with van der Waals surface area (Å²) in [4.78, 5) is 0. The summed E-state index contributed by atoms with van der Waals surface area (Å²) in [6.07, 6.45) is 4.40. The second-order valence-electron chi connectivity index (χ2n) is 5.49. The zero-order valence-electron chi connectivity index (χ0n) is 12.0. The van der Waals surface area contributed by atoms with Crippen molar-refractivity contribution in [3.8, 4) is 0 Å². The molecule has 0 aromatic heterocycles. The zero-order chi connectivity index (χ0) is 14.4. The minimum atomic E-state index is -0.201. The third-order valence-electron chi connectivity index (χ3n) is 3.86. The van der Waals surface area contributed by atoms with Crippen molar-refractivity contribution in [2.75, 3.05) is 19.8 Å². The second kappa shape index (κ2) is 8.11. The van der Waals surface area contributed by atoms with Gasteiger partial charge in [-0.15, -0.1) is 0 Å². The van der Waals surface area contributed by atoms with Crippen molar-refractivity contribution in [3.05, 3.63) is 34.1 Å². The third-order valence-corrected chi connectivity index (χ3v) is 4.47. The van der Waals surface area contributed by atoms with Gasteiger partial charge in [-0.25, -0.2) is 4.39 Å². The van der Waals surface area contributed by atoms with Crippen molar-refractivity contribution in [2.45, 2.75) is 38.6 Å². The van der Waals surface area contributed by atoms with Crippen LogP contribution in [0.3, 0.4) is 0 Å². The third kappa shape index (κ3) is 4.54. The first-order valence-electron chi connectivity index (χ1n) is 7.45. The summed E-state index contributed by atoms with van der Waals surface area (Å²) in [5.41, 5.74) is 1.16. The van der Waals surface area contributed by atoms with Crippen molar-refractivity contribution < 1.29 is 9.13 Å². The molecule has 1 aliphatic heterocycles. The summed E-state index contributed by atoms with van der Waals surface area (Å²) >= 11 is 3.26. The Morgan fingerprint density at radius 3 is 3.00 bits per heavy atom. The van der Waals surface area contributed by atoms with Crippen molar-refractivity contribution in [2.24, 2.45) is 5.92 Å². The SMILES string of the molecule is CCCNC(Cc1ccc(F)c(Br)c1)C1CCCOC1. The molecule has 112 valence electrons. The van der Waals surface area contributed by atoms with Gasteiger partial charge in [-0.3, -0.25) is 0 Å². The average Bonchev–Trinajstić information content (AvgIpc) is 2.48. The molecule has 4 heteroatoms. The Hall–Kier alpha value is -0.450. The van der Waals surface area contributed by atoms with Gasteiger partial charge in [-0.1, -0.05) is 13.0 Å². The van der Waals surface area contributed by atoms with Crippen LogP contribution in [-0.2, 0) is 11.2 Å². The highest BCUT2D eigenvalue weighted by Crippen LogP contribution is 2.23. The van der Waals surface area contributed by atoms with E-state index >= 15 is 0 Å². The lowest BCUT2D eigenvalue weighted by molar-refractivity contribution is 0.0393. The monoisotopic (exact) mass is 343 g/mol. The fourth-order valence-corrected chi connectivity index (χ4v) is 3.16. The number of rotatable bonds is 6. The first-order chi connectivity index (χ1) is 9.70. The molecule has 0 saturated carbocycles. The summed E-state index contributed by atoms with van der Waals surface area (Å²) < 4.78 is 19.5. The van der Waals surface area contributed by atoms with Crippen LogP contribution in [0, 0.1) is 11.7 Å². The largest absolute Gasteiger partial charge is 0.381 e. The average molecular weight is 344 g/mol. The molecule has 2 rings (SSSR count). The molecule has 20 heavy (non-hydrogen) atoms. The Labute approximate surface area is 129 Å². The minimum absolute atomic E-state index is 0.201. The van der Waals surface area contributed by atoms with Crippen molar-refractivity contribution in [1.82, 2.24) is 5.32 Å². The van der Waals surface area contributed by atoms with Crippen LogP contribution >= 0.6 is 15.9 Å². The van der Waals surface area contributed by atoms with Gasteiger partial charge in [0.25, 0.3) is 0 Å². The van der Waals surface area contributed by atoms with E-state index in [0.29, 0.717) is 16.4 Å². The standard InChI is InChI=1S/C16H23BrFNO/c1-2-7-19-16(13-4-3-8-20-11-13)10-12-5-6-15(18)14(17)9-12/h5-6,9,13,16,19H,2-4,7-8,10-11H2,1H3. The van der Waals surface area contributed by atoms with Crippen LogP contribution in [-0.4, -0.2) is 25.8 Å². The highest BCUT2D eigenvalue weighted by atomic mass is 79.9. The van der Waals surface area contributed by atoms with Gasteiger partial charge in [0.05, 0.1) is 11.1 Å². The van der Waals surface area contributed by atoms with E-state index in [9.17, 15) is 4.39 Å². The molecule has 2 nitrogen and oxygen atoms in total. The van der Waals surface area contributed by atoms with Crippen LogP contribution in [0.5, 0.6) is 0 Å². The lowest BCUT2D eigenvalue weighted by Crippen LogP contribution is -2.42. The van der Waals surface area contributed by atoms with Crippen molar-refractivity contribution >= 4 is 15.9 Å². The predicted octanol–water partition coefficient (Wildman–Crippen LogP) is 3.93. The molecule has 1 fully saturated rings. The van der Waals surface area contributed by atoms with Gasteiger partial charge >= 0.3 is 0 Å². The van der Waals surface area contributed by atoms with E-state index in [0.717, 1.165) is 44.6 Å². The molecule has 1 N–H and O–H groups in total. The Balaban J connectivity index is 2.03. The molecule has 1 aliphatic rings. The predicted molar refractivity (Wildman–Crippen MR) is 83.4 cm³/mol. The molecule has 0 aliphatic carbocycles. The molecule has 2 atom stereocenters. The van der Waals surface area contributed by atoms with Crippen molar-refractivity contribution in [1.29, 1.82) is 0 Å². The number of benzene rings is 1. The molecule has 0 radical (unpaired) electrons. The smallest absolute Gasteiger partial charge is 0.137 e. The number of nitrogens with one attached hydrogen (secondary N) is 1. The van der Waals surface area contributed by atoms with E-state index < -0.39 is 0 Å². The Bertz CT molecular complexity index is 421. The zero-order valence-corrected chi connectivity index (χ0v) is 13.6. The topological polar surface area (TPSA) is 21.3 Å². The molecule has 0 bridgehead atoms. The molecular formula is C16H23BrFNO. The first-order valence-corrected chi connectivity index (χ1v) is 8.25. The molecule has 0 amide bonds. The highest BCUT2D eigenvalue weighted by molar-refractivity contribution is 9.10. The highest BCUT2D eigenvalue weighted by Gasteiger charge is 2.24. The number of hydrogen-bond acceptors (Lipinski definition) is 2. The van der Waals surface area contributed by atoms with Gasteiger partial charge in [0.15, 0.2) is 0 Å². The van der Waals surface area contributed by atoms with Crippen LogP contribution in [0.25, 0.3) is 0 Å². The maximum atomic E-state index is 13.3. The quantitative estimate of drug-likeness (QED) is 0.844. The molecule has 2 unspecified atom stereocenters. The maximum absolute atomic E-state index is 13.3. The maximum Gasteiger partial charge on any atom is 0.137 e. The number of hydrogen-bond donors (Lipinski definition) is 1. The van der Waals surface area contributed by atoms with E-state index in [1.165, 1.54) is 12.5 Å². The van der Waals surface area contributed by atoms with E-state index in [1.807, 2.05) is 12.1 Å². The van der Waals surface area contributed by atoms with E-state index in [1.54, 1.807) is 0 Å². The van der Waals surface area contributed by atoms with E-state index in [2.05, 4.69) is 28.2 Å². The molecule has 1 saturated heterocycles. The molecular weight excluding hydrogens is 321 g/mol. The van der Waals surface area contributed by atoms with Crippen LogP contribution in [0.15, 0.2) is 22.7 Å². The molecule has 1 aromatic rings. The van der Waals surface area contributed by atoms with Gasteiger partial charge in [0.1, 0.15) is 5.82 Å². The van der Waals surface area contributed by atoms with Gasteiger partial charge in [0, 0.05) is 12.6 Å². The number of halogens is 2. The van der Waals surface area contributed by atoms with Gasteiger partial charge in [0.2, 0.25) is 0 Å².